The van der Waals surface area contributed by atoms with Crippen molar-refractivity contribution in [2.45, 2.75) is 12.8 Å². The summed E-state index contributed by atoms with van der Waals surface area (Å²) in [6.45, 7) is 1.04. The summed E-state index contributed by atoms with van der Waals surface area (Å²) in [4.78, 5) is 37.9. The van der Waals surface area contributed by atoms with Gasteiger partial charge in [0.25, 0.3) is 11.8 Å². The van der Waals surface area contributed by atoms with E-state index in [4.69, 9.17) is 10.5 Å². The number of nitrogens with one attached hydrogen (secondary N) is 1. The number of carbonyl (C=O) groups excluding carboxylic acids is 3. The number of nitrogens with two attached hydrogens (primary N) is 1. The second-order valence-electron chi connectivity index (χ2n) is 7.15. The average molecular weight is 391 g/mol. The van der Waals surface area contributed by atoms with Crippen LogP contribution in [0.4, 0.5) is 5.69 Å². The van der Waals surface area contributed by atoms with Crippen LogP contribution in [0.3, 0.4) is 0 Å². The Morgan fingerprint density at radius 3 is 2.45 bits per heavy atom. The summed E-state index contributed by atoms with van der Waals surface area (Å²) < 4.78 is 5.69. The molecule has 0 unspecified atom stereocenters. The van der Waals surface area contributed by atoms with Crippen LogP contribution in [0.15, 0.2) is 54.3 Å². The molecular weight excluding hydrogens is 370 g/mol. The predicted molar refractivity (Wildman–Crippen MR) is 108 cm³/mol. The molecule has 2 aliphatic rings. The zero-order valence-corrected chi connectivity index (χ0v) is 15.8. The number of benzene rings is 2. The molecule has 7 nitrogen and oxygen atoms in total. The zero-order valence-electron chi connectivity index (χ0n) is 15.8. The van der Waals surface area contributed by atoms with Gasteiger partial charge in [0.2, 0.25) is 5.91 Å². The SMILES string of the molecule is NC(=O)C1CCN(C(=O)c2ccc(C=C3Oc4ccccc4NC3=O)cc2)CC1. The number of hydrogen-bond donors (Lipinski definition) is 2. The van der Waals surface area contributed by atoms with Gasteiger partial charge in [-0.15, -0.1) is 0 Å². The standard InChI is InChI=1S/C22H21N3O4/c23-20(26)15-9-11-25(12-10-15)22(28)16-7-5-14(6-8-16)13-19-21(27)24-17-3-1-2-4-18(17)29-19/h1-8,13,15H,9-12H2,(H2,23,26)(H,24,27). The van der Waals surface area contributed by atoms with Crippen LogP contribution in [0.2, 0.25) is 0 Å². The monoisotopic (exact) mass is 391 g/mol. The van der Waals surface area contributed by atoms with Crippen molar-refractivity contribution in [3.63, 3.8) is 0 Å². The van der Waals surface area contributed by atoms with Crippen LogP contribution in [0, 0.1) is 5.92 Å². The summed E-state index contributed by atoms with van der Waals surface area (Å²) in [5.41, 5.74) is 7.29. The Morgan fingerprint density at radius 1 is 1.07 bits per heavy atom. The van der Waals surface area contributed by atoms with E-state index in [1.54, 1.807) is 47.4 Å². The largest absolute Gasteiger partial charge is 0.449 e. The third-order valence-electron chi connectivity index (χ3n) is 5.22. The number of likely N-dealkylation sites (tertiary alicyclic amines) is 1. The number of para-hydroxylation sites is 2. The molecule has 0 atom stereocenters. The van der Waals surface area contributed by atoms with Crippen molar-refractivity contribution in [2.75, 3.05) is 18.4 Å². The molecule has 0 bridgehead atoms. The van der Waals surface area contributed by atoms with Crippen molar-refractivity contribution < 1.29 is 19.1 Å². The fourth-order valence-electron chi connectivity index (χ4n) is 3.53. The van der Waals surface area contributed by atoms with Crippen LogP contribution in [0.25, 0.3) is 6.08 Å². The number of amides is 3. The number of rotatable bonds is 3. The van der Waals surface area contributed by atoms with Crippen LogP contribution in [0.1, 0.15) is 28.8 Å². The minimum atomic E-state index is -0.318. The number of hydrogen-bond acceptors (Lipinski definition) is 4. The highest BCUT2D eigenvalue weighted by Crippen LogP contribution is 2.30. The number of carbonyl (C=O) groups is 3. The highest BCUT2D eigenvalue weighted by Gasteiger charge is 2.26. The molecule has 0 radical (unpaired) electrons. The van der Waals surface area contributed by atoms with E-state index >= 15 is 0 Å². The van der Waals surface area contributed by atoms with Crippen molar-refractivity contribution >= 4 is 29.5 Å². The molecule has 2 aromatic rings. The molecule has 3 N–H and O–H groups in total. The highest BCUT2D eigenvalue weighted by molar-refractivity contribution is 6.08. The maximum Gasteiger partial charge on any atom is 0.291 e. The van der Waals surface area contributed by atoms with Crippen molar-refractivity contribution in [3.05, 3.63) is 65.4 Å². The number of piperidine rings is 1. The van der Waals surface area contributed by atoms with Crippen LogP contribution >= 0.6 is 0 Å². The Hall–Kier alpha value is -3.61. The lowest BCUT2D eigenvalue weighted by Gasteiger charge is -2.30. The second kappa shape index (κ2) is 7.79. The number of anilines is 1. The molecule has 0 saturated carbocycles. The Kier molecular flexibility index (Phi) is 5.03. The van der Waals surface area contributed by atoms with Gasteiger partial charge in [-0.05, 0) is 48.7 Å². The van der Waals surface area contributed by atoms with E-state index in [-0.39, 0.29) is 29.4 Å². The normalized spacial score (nSPS) is 18.0. The summed E-state index contributed by atoms with van der Waals surface area (Å²) in [5, 5.41) is 2.79. The number of primary amides is 1. The lowest BCUT2D eigenvalue weighted by molar-refractivity contribution is -0.123. The van der Waals surface area contributed by atoms with Crippen LogP contribution in [0.5, 0.6) is 5.75 Å². The summed E-state index contributed by atoms with van der Waals surface area (Å²) in [6, 6.07) is 14.2. The highest BCUT2D eigenvalue weighted by atomic mass is 16.5. The fraction of sp³-hybridized carbons (Fsp3) is 0.227. The van der Waals surface area contributed by atoms with Crippen molar-refractivity contribution in [3.8, 4) is 5.75 Å². The van der Waals surface area contributed by atoms with Gasteiger partial charge in [0.05, 0.1) is 5.69 Å². The van der Waals surface area contributed by atoms with E-state index in [0.29, 0.717) is 42.9 Å². The molecular formula is C22H21N3O4. The summed E-state index contributed by atoms with van der Waals surface area (Å²) in [7, 11) is 0. The third kappa shape index (κ3) is 3.99. The van der Waals surface area contributed by atoms with E-state index in [1.807, 2.05) is 12.1 Å². The summed E-state index contributed by atoms with van der Waals surface area (Å²) in [6.07, 6.45) is 2.83. The number of nitrogens with zero attached hydrogens (tertiary/aromatic N) is 1. The zero-order chi connectivity index (χ0) is 20.4. The van der Waals surface area contributed by atoms with Crippen LogP contribution in [-0.2, 0) is 9.59 Å². The van der Waals surface area contributed by atoms with Crippen molar-refractivity contribution in [1.82, 2.24) is 4.90 Å². The number of fused-ring (bicyclic) bond motifs is 1. The molecule has 7 heteroatoms. The third-order valence-corrected chi connectivity index (χ3v) is 5.22. The number of ether oxygens (including phenoxy) is 1. The Morgan fingerprint density at radius 2 is 1.76 bits per heavy atom. The van der Waals surface area contributed by atoms with Gasteiger partial charge in [-0.1, -0.05) is 24.3 Å². The quantitative estimate of drug-likeness (QED) is 0.785. The molecule has 2 aliphatic heterocycles. The molecule has 0 aliphatic carbocycles. The molecule has 2 heterocycles. The molecule has 29 heavy (non-hydrogen) atoms. The van der Waals surface area contributed by atoms with Crippen LogP contribution < -0.4 is 15.8 Å². The van der Waals surface area contributed by atoms with Gasteiger partial charge >= 0.3 is 0 Å². The molecule has 1 fully saturated rings. The Bertz CT molecular complexity index is 989. The molecule has 2 aromatic carbocycles. The molecule has 0 aromatic heterocycles. The Balaban J connectivity index is 1.44. The van der Waals surface area contributed by atoms with Gasteiger partial charge in [0.15, 0.2) is 11.5 Å². The topological polar surface area (TPSA) is 102 Å². The predicted octanol–water partition coefficient (Wildman–Crippen LogP) is 2.40. The molecule has 0 spiro atoms. The minimum absolute atomic E-state index is 0.0762. The van der Waals surface area contributed by atoms with Gasteiger partial charge in [-0.3, -0.25) is 14.4 Å². The summed E-state index contributed by atoms with van der Waals surface area (Å²) in [5.74, 6) is -0.0689. The molecule has 3 amide bonds. The van der Waals surface area contributed by atoms with Gasteiger partial charge in [0, 0.05) is 24.6 Å². The maximum atomic E-state index is 12.7. The first kappa shape index (κ1) is 18.7. The first-order valence-corrected chi connectivity index (χ1v) is 9.50. The second-order valence-corrected chi connectivity index (χ2v) is 7.15. The first-order valence-electron chi connectivity index (χ1n) is 9.50. The molecule has 4 rings (SSSR count). The smallest absolute Gasteiger partial charge is 0.291 e. The van der Waals surface area contributed by atoms with Crippen LogP contribution in [-0.4, -0.2) is 35.7 Å². The molecule has 148 valence electrons. The lowest BCUT2D eigenvalue weighted by Crippen LogP contribution is -2.41. The van der Waals surface area contributed by atoms with E-state index in [0.717, 1.165) is 5.56 Å². The van der Waals surface area contributed by atoms with E-state index in [9.17, 15) is 14.4 Å². The van der Waals surface area contributed by atoms with Gasteiger partial charge in [-0.2, -0.15) is 0 Å². The lowest BCUT2D eigenvalue weighted by atomic mass is 9.96. The maximum absolute atomic E-state index is 12.7. The minimum Gasteiger partial charge on any atom is -0.449 e. The van der Waals surface area contributed by atoms with E-state index in [2.05, 4.69) is 5.32 Å². The van der Waals surface area contributed by atoms with Gasteiger partial charge in [0.1, 0.15) is 0 Å². The first-order chi connectivity index (χ1) is 14.0. The van der Waals surface area contributed by atoms with Gasteiger partial charge < -0.3 is 20.7 Å². The van der Waals surface area contributed by atoms with Crippen molar-refractivity contribution in [1.29, 1.82) is 0 Å². The Labute approximate surface area is 168 Å². The van der Waals surface area contributed by atoms with E-state index < -0.39 is 0 Å². The van der Waals surface area contributed by atoms with Crippen molar-refractivity contribution in [2.24, 2.45) is 11.7 Å². The van der Waals surface area contributed by atoms with E-state index in [1.165, 1.54) is 0 Å². The summed E-state index contributed by atoms with van der Waals surface area (Å²) >= 11 is 0. The molecule has 1 saturated heterocycles. The fourth-order valence-corrected chi connectivity index (χ4v) is 3.53. The average Bonchev–Trinajstić information content (AvgIpc) is 2.74. The van der Waals surface area contributed by atoms with Gasteiger partial charge in [-0.25, -0.2) is 0 Å².